The van der Waals surface area contributed by atoms with Crippen LogP contribution in [0, 0.1) is 0 Å². The number of ether oxygens (including phenoxy) is 1. The van der Waals surface area contributed by atoms with Crippen LogP contribution in [-0.4, -0.2) is 28.0 Å². The van der Waals surface area contributed by atoms with Crippen molar-refractivity contribution in [3.8, 4) is 5.75 Å². The molecule has 0 aromatic heterocycles. The van der Waals surface area contributed by atoms with Crippen molar-refractivity contribution < 1.29 is 19.5 Å². The molecule has 0 bridgehead atoms. The number of aryl methyl sites for hydroxylation is 1. The van der Waals surface area contributed by atoms with E-state index in [9.17, 15) is 4.79 Å². The van der Waals surface area contributed by atoms with E-state index in [4.69, 9.17) is 14.7 Å². The number of oxime groups is 1. The van der Waals surface area contributed by atoms with Gasteiger partial charge in [-0.3, -0.25) is 0 Å². The van der Waals surface area contributed by atoms with Gasteiger partial charge in [-0.15, -0.1) is 0 Å². The number of rotatable bonds is 9. The van der Waals surface area contributed by atoms with Crippen LogP contribution in [0.3, 0.4) is 0 Å². The summed E-state index contributed by atoms with van der Waals surface area (Å²) >= 11 is 0. The van der Waals surface area contributed by atoms with Gasteiger partial charge in [0, 0.05) is 17.4 Å². The molecule has 1 spiro atoms. The van der Waals surface area contributed by atoms with Crippen LogP contribution >= 0.6 is 0 Å². The fraction of sp³-hybridized carbons (Fsp3) is 0.533. The molecule has 0 amide bonds. The number of carbonyl (C=O) groups is 1. The van der Waals surface area contributed by atoms with E-state index in [0.717, 1.165) is 68.4 Å². The molecule has 186 valence electrons. The summed E-state index contributed by atoms with van der Waals surface area (Å²) in [6, 6.07) is 13.8. The Bertz CT molecular complexity index is 1130. The first-order chi connectivity index (χ1) is 16.7. The second kappa shape index (κ2) is 9.00. The van der Waals surface area contributed by atoms with E-state index in [1.165, 1.54) is 24.0 Å². The summed E-state index contributed by atoms with van der Waals surface area (Å²) in [7, 11) is 0. The summed E-state index contributed by atoms with van der Waals surface area (Å²) in [5.74, 6) is 0.175. The molecule has 5 nitrogen and oxygen atoms in total. The summed E-state index contributed by atoms with van der Waals surface area (Å²) < 4.78 is 6.29. The molecule has 1 aliphatic carbocycles. The van der Waals surface area contributed by atoms with Crippen molar-refractivity contribution in [1.82, 2.24) is 0 Å². The Labute approximate surface area is 208 Å². The Morgan fingerprint density at radius 1 is 1.06 bits per heavy atom. The van der Waals surface area contributed by atoms with Crippen LogP contribution in [0.2, 0.25) is 0 Å². The van der Waals surface area contributed by atoms with Gasteiger partial charge in [0.2, 0.25) is 0 Å². The summed E-state index contributed by atoms with van der Waals surface area (Å²) in [6.45, 7) is 6.61. The van der Waals surface area contributed by atoms with Crippen LogP contribution in [0.1, 0.15) is 106 Å². The molecule has 2 aromatic rings. The Morgan fingerprint density at radius 3 is 2.51 bits per heavy atom. The Balaban J connectivity index is 1.18. The van der Waals surface area contributed by atoms with Crippen molar-refractivity contribution in [3.05, 3.63) is 64.7 Å². The van der Waals surface area contributed by atoms with Gasteiger partial charge in [-0.25, -0.2) is 4.79 Å². The van der Waals surface area contributed by atoms with E-state index in [1.54, 1.807) is 12.1 Å². The quantitative estimate of drug-likeness (QED) is 0.394. The van der Waals surface area contributed by atoms with Gasteiger partial charge >= 0.3 is 5.97 Å². The molecule has 1 atom stereocenters. The zero-order chi connectivity index (χ0) is 24.7. The highest BCUT2D eigenvalue weighted by molar-refractivity contribution is 6.02. The van der Waals surface area contributed by atoms with Crippen molar-refractivity contribution in [3.63, 3.8) is 0 Å². The topological polar surface area (TPSA) is 68.1 Å². The molecule has 35 heavy (non-hydrogen) atoms. The lowest BCUT2D eigenvalue weighted by atomic mass is 9.80. The van der Waals surface area contributed by atoms with E-state index in [0.29, 0.717) is 5.41 Å². The highest BCUT2D eigenvalue weighted by atomic mass is 16.7. The van der Waals surface area contributed by atoms with Gasteiger partial charge in [0.05, 0.1) is 11.3 Å². The average Bonchev–Trinajstić information content (AvgIpc) is 3.45. The van der Waals surface area contributed by atoms with E-state index < -0.39 is 5.97 Å². The second-order valence-electron chi connectivity index (χ2n) is 11.5. The number of nitrogens with zero attached hydrogens (tertiary/aromatic N) is 1. The minimum Gasteiger partial charge on any atom is -0.488 e. The largest absolute Gasteiger partial charge is 0.488 e. The predicted molar refractivity (Wildman–Crippen MR) is 138 cm³/mol. The Kier molecular flexibility index (Phi) is 6.14. The highest BCUT2D eigenvalue weighted by Gasteiger charge is 2.53. The minimum absolute atomic E-state index is 0.0703. The number of unbranched alkanes of at least 4 members (excludes halogenated alkanes) is 1. The number of carboxylic acids is 1. The number of fused-ring (bicyclic) bond motifs is 2. The minimum atomic E-state index is -0.913. The lowest BCUT2D eigenvalue weighted by molar-refractivity contribution is -0.0336. The van der Waals surface area contributed by atoms with Crippen LogP contribution in [0.15, 0.2) is 47.6 Å². The summed E-state index contributed by atoms with van der Waals surface area (Å²) in [6.07, 6.45) is 10.7. The van der Waals surface area contributed by atoms with Crippen LogP contribution < -0.4 is 4.74 Å². The standard InChI is InChI=1S/C30H37NO4/c1-4-14-30(19-25(31-35-30)22-9-11-23(12-10-22)27(32)33)15-6-5-7-21-8-13-26-24(18-21)29(16-17-29)20-28(2,3)34-26/h8-13,18H,4-7,14-17,19-20H2,1-3H3,(H,32,33). The van der Waals surface area contributed by atoms with Crippen molar-refractivity contribution in [2.24, 2.45) is 5.16 Å². The van der Waals surface area contributed by atoms with Gasteiger partial charge in [-0.1, -0.05) is 42.8 Å². The van der Waals surface area contributed by atoms with Crippen LogP contribution in [-0.2, 0) is 16.7 Å². The molecular formula is C30H37NO4. The molecule has 2 heterocycles. The summed E-state index contributed by atoms with van der Waals surface area (Å²) in [5.41, 5.74) is 5.03. The van der Waals surface area contributed by atoms with Gasteiger partial charge in [-0.05, 0) is 94.5 Å². The van der Waals surface area contributed by atoms with Gasteiger partial charge < -0.3 is 14.7 Å². The lowest BCUT2D eigenvalue weighted by Crippen LogP contribution is -2.38. The molecule has 2 aliphatic heterocycles. The molecular weight excluding hydrogens is 438 g/mol. The molecule has 3 aliphatic rings. The Hall–Kier alpha value is -2.82. The lowest BCUT2D eigenvalue weighted by Gasteiger charge is -2.38. The average molecular weight is 476 g/mol. The van der Waals surface area contributed by atoms with Crippen molar-refractivity contribution in [2.45, 2.75) is 102 Å². The fourth-order valence-corrected chi connectivity index (χ4v) is 6.18. The van der Waals surface area contributed by atoms with E-state index in [2.05, 4.69) is 44.1 Å². The molecule has 2 aromatic carbocycles. The third-order valence-corrected chi connectivity index (χ3v) is 7.98. The number of benzene rings is 2. The van der Waals surface area contributed by atoms with Crippen molar-refractivity contribution >= 4 is 11.7 Å². The maximum atomic E-state index is 11.1. The van der Waals surface area contributed by atoms with Gasteiger partial charge in [0.1, 0.15) is 17.0 Å². The van der Waals surface area contributed by atoms with Crippen molar-refractivity contribution in [1.29, 1.82) is 0 Å². The van der Waals surface area contributed by atoms with Gasteiger partial charge in [0.15, 0.2) is 0 Å². The first kappa shape index (κ1) is 23.9. The fourth-order valence-electron chi connectivity index (χ4n) is 6.18. The molecule has 0 saturated heterocycles. The zero-order valence-corrected chi connectivity index (χ0v) is 21.2. The molecule has 1 fully saturated rings. The molecule has 5 rings (SSSR count). The van der Waals surface area contributed by atoms with Crippen molar-refractivity contribution in [2.75, 3.05) is 0 Å². The zero-order valence-electron chi connectivity index (χ0n) is 21.2. The second-order valence-corrected chi connectivity index (χ2v) is 11.5. The summed E-state index contributed by atoms with van der Waals surface area (Å²) in [4.78, 5) is 17.2. The predicted octanol–water partition coefficient (Wildman–Crippen LogP) is 7.05. The third kappa shape index (κ3) is 4.96. The molecule has 1 saturated carbocycles. The van der Waals surface area contributed by atoms with Crippen LogP contribution in [0.25, 0.3) is 0 Å². The van der Waals surface area contributed by atoms with E-state index in [1.807, 2.05) is 12.1 Å². The number of hydrogen-bond donors (Lipinski definition) is 1. The third-order valence-electron chi connectivity index (χ3n) is 7.98. The normalized spacial score (nSPS) is 23.2. The smallest absolute Gasteiger partial charge is 0.335 e. The SMILES string of the molecule is CCCC1(CCCCc2ccc3c(c2)C2(CC2)CC(C)(C)O3)CC(c2ccc(C(=O)O)cc2)=NO1. The van der Waals surface area contributed by atoms with Gasteiger partial charge in [0.25, 0.3) is 0 Å². The first-order valence-corrected chi connectivity index (χ1v) is 13.1. The number of carboxylic acid groups (broad SMARTS) is 1. The monoisotopic (exact) mass is 475 g/mol. The van der Waals surface area contributed by atoms with Crippen LogP contribution in [0.5, 0.6) is 5.75 Å². The maximum absolute atomic E-state index is 11.1. The first-order valence-electron chi connectivity index (χ1n) is 13.1. The highest BCUT2D eigenvalue weighted by Crippen LogP contribution is 2.59. The summed E-state index contributed by atoms with van der Waals surface area (Å²) in [5, 5.41) is 13.6. The van der Waals surface area contributed by atoms with E-state index in [-0.39, 0.29) is 16.8 Å². The van der Waals surface area contributed by atoms with Crippen LogP contribution in [0.4, 0.5) is 0 Å². The number of hydrogen-bond acceptors (Lipinski definition) is 4. The van der Waals surface area contributed by atoms with E-state index >= 15 is 0 Å². The Morgan fingerprint density at radius 2 is 1.83 bits per heavy atom. The molecule has 1 N–H and O–H groups in total. The molecule has 5 heteroatoms. The molecule has 1 unspecified atom stereocenters. The maximum Gasteiger partial charge on any atom is 0.335 e. The molecule has 0 radical (unpaired) electrons. The van der Waals surface area contributed by atoms with Gasteiger partial charge in [-0.2, -0.15) is 0 Å². The number of aromatic carboxylic acids is 1.